The van der Waals surface area contributed by atoms with E-state index < -0.39 is 9.93 Å². The molecule has 116 valence electrons. The van der Waals surface area contributed by atoms with Crippen LogP contribution in [0.4, 0.5) is 0 Å². The van der Waals surface area contributed by atoms with Gasteiger partial charge in [-0.05, 0) is 44.4 Å². The maximum atomic E-state index is 12.0. The molecule has 0 spiro atoms. The smallest absolute Gasteiger partial charge is 0.263 e. The van der Waals surface area contributed by atoms with Gasteiger partial charge in [-0.3, -0.25) is 4.79 Å². The first-order valence-corrected chi connectivity index (χ1v) is 7.97. The van der Waals surface area contributed by atoms with E-state index in [0.29, 0.717) is 12.3 Å². The number of halogens is 2. The van der Waals surface area contributed by atoms with E-state index in [1.165, 1.54) is 0 Å². The van der Waals surface area contributed by atoms with E-state index in [9.17, 15) is 4.79 Å². The van der Waals surface area contributed by atoms with Crippen molar-refractivity contribution in [3.63, 3.8) is 0 Å². The lowest BCUT2D eigenvalue weighted by atomic mass is 10.1. The molecule has 0 radical (unpaired) electrons. The number of nitrogens with one attached hydrogen (secondary N) is 1. The third-order valence-electron chi connectivity index (χ3n) is 3.56. The molecule has 1 atom stereocenters. The Hall–Kier alpha value is -0.930. The third kappa shape index (κ3) is 4.04. The Balaban J connectivity index is 1.98. The highest BCUT2D eigenvalue weighted by atomic mass is 35.5. The van der Waals surface area contributed by atoms with Gasteiger partial charge in [0.2, 0.25) is 0 Å². The average Bonchev–Trinajstić information content (AvgIpc) is 3.05. The summed E-state index contributed by atoms with van der Waals surface area (Å²) in [6.07, 6.45) is 1.68. The Morgan fingerprint density at radius 1 is 1.38 bits per heavy atom. The lowest BCUT2D eigenvalue weighted by Crippen LogP contribution is -2.46. The molecule has 3 nitrogen and oxygen atoms in total. The van der Waals surface area contributed by atoms with Gasteiger partial charge < -0.3 is 10.1 Å². The molecule has 0 heterocycles. The van der Waals surface area contributed by atoms with Crippen LogP contribution in [0, 0.1) is 0 Å². The molecule has 1 aromatic rings. The predicted molar refractivity (Wildman–Crippen MR) is 86.2 cm³/mol. The Bertz CT molecular complexity index is 512. The van der Waals surface area contributed by atoms with Crippen molar-refractivity contribution in [1.29, 1.82) is 0 Å². The number of amides is 1. The van der Waals surface area contributed by atoms with Gasteiger partial charge in [0.1, 0.15) is 10.1 Å². The van der Waals surface area contributed by atoms with Crippen LogP contribution in [-0.2, 0) is 4.79 Å². The molecular weight excluding hydrogens is 309 g/mol. The number of benzene rings is 1. The zero-order valence-electron chi connectivity index (χ0n) is 12.6. The molecule has 1 aromatic carbocycles. The zero-order chi connectivity index (χ0) is 15.7. The van der Waals surface area contributed by atoms with Crippen molar-refractivity contribution >= 4 is 29.1 Å². The summed E-state index contributed by atoms with van der Waals surface area (Å²) < 4.78 is 5.17. The molecule has 21 heavy (non-hydrogen) atoms. The van der Waals surface area contributed by atoms with E-state index in [2.05, 4.69) is 5.32 Å². The largest absolute Gasteiger partial charge is 0.478 e. The number of carbonyl (C=O) groups is 1. The summed E-state index contributed by atoms with van der Waals surface area (Å²) in [7, 11) is 0. The number of hydrogen-bond donors (Lipinski definition) is 1. The van der Waals surface area contributed by atoms with E-state index in [1.54, 1.807) is 13.8 Å². The summed E-state index contributed by atoms with van der Waals surface area (Å²) in [6.45, 7) is 6.18. The third-order valence-corrected chi connectivity index (χ3v) is 4.40. The Labute approximate surface area is 136 Å². The number of carbonyl (C=O) groups excluding carboxylic acids is 1. The zero-order valence-corrected chi connectivity index (χ0v) is 14.1. The highest BCUT2D eigenvalue weighted by Crippen LogP contribution is 2.59. The predicted octanol–water partition coefficient (Wildman–Crippen LogP) is 4.03. The van der Waals surface area contributed by atoms with Crippen molar-refractivity contribution in [2.75, 3.05) is 6.54 Å². The highest BCUT2D eigenvalue weighted by molar-refractivity contribution is 6.51. The number of alkyl halides is 2. The van der Waals surface area contributed by atoms with Crippen LogP contribution in [0.15, 0.2) is 24.3 Å². The summed E-state index contributed by atoms with van der Waals surface area (Å²) in [5.74, 6) is 0.734. The molecular formula is C16H21Cl2NO2. The monoisotopic (exact) mass is 329 g/mol. The van der Waals surface area contributed by atoms with E-state index >= 15 is 0 Å². The van der Waals surface area contributed by atoms with Gasteiger partial charge in [-0.15, -0.1) is 23.2 Å². The van der Waals surface area contributed by atoms with Gasteiger partial charge in [0.25, 0.3) is 5.91 Å². The molecule has 1 N–H and O–H groups in total. The van der Waals surface area contributed by atoms with Crippen LogP contribution in [0.1, 0.15) is 45.1 Å². The molecule has 1 aliphatic rings. The van der Waals surface area contributed by atoms with E-state index in [-0.39, 0.29) is 11.8 Å². The lowest BCUT2D eigenvalue weighted by Gasteiger charge is -2.25. The maximum absolute atomic E-state index is 12.0. The van der Waals surface area contributed by atoms with E-state index in [0.717, 1.165) is 18.4 Å². The fraction of sp³-hybridized carbons (Fsp3) is 0.562. The van der Waals surface area contributed by atoms with Gasteiger partial charge in [-0.1, -0.05) is 19.1 Å². The van der Waals surface area contributed by atoms with Crippen LogP contribution in [0.5, 0.6) is 5.75 Å². The fourth-order valence-electron chi connectivity index (χ4n) is 2.14. The van der Waals surface area contributed by atoms with Gasteiger partial charge in [0.15, 0.2) is 5.60 Å². The first-order valence-electron chi connectivity index (χ1n) is 7.21. The molecule has 0 aromatic heterocycles. The van der Waals surface area contributed by atoms with Crippen molar-refractivity contribution in [2.45, 2.75) is 49.5 Å². The van der Waals surface area contributed by atoms with E-state index in [1.807, 2.05) is 31.2 Å². The van der Waals surface area contributed by atoms with Gasteiger partial charge >= 0.3 is 0 Å². The Morgan fingerprint density at radius 2 is 1.95 bits per heavy atom. The second kappa shape index (κ2) is 6.05. The van der Waals surface area contributed by atoms with Gasteiger partial charge in [0.05, 0.1) is 0 Å². The first kappa shape index (κ1) is 16.4. The molecule has 5 heteroatoms. The molecule has 0 bridgehead atoms. The molecule has 1 amide bonds. The van der Waals surface area contributed by atoms with Crippen LogP contribution >= 0.6 is 23.2 Å². The molecule has 2 rings (SSSR count). The molecule has 1 aliphatic carbocycles. The highest BCUT2D eigenvalue weighted by Gasteiger charge is 2.52. The summed E-state index contributed by atoms with van der Waals surface area (Å²) in [5, 5.41) is 2.84. The van der Waals surface area contributed by atoms with Crippen LogP contribution < -0.4 is 10.1 Å². The van der Waals surface area contributed by atoms with E-state index in [4.69, 9.17) is 27.9 Å². The second-order valence-corrected chi connectivity index (χ2v) is 7.50. The number of hydrogen-bond acceptors (Lipinski definition) is 2. The minimum Gasteiger partial charge on any atom is -0.478 e. The van der Waals surface area contributed by atoms with Gasteiger partial charge in [-0.25, -0.2) is 0 Å². The SMILES string of the molecule is CCCNC(=O)C(C)(C)Oc1ccc([C@@H]2CC2(Cl)Cl)cc1. The minimum absolute atomic E-state index is 0.115. The van der Waals surface area contributed by atoms with Crippen molar-refractivity contribution in [3.8, 4) is 5.75 Å². The topological polar surface area (TPSA) is 38.3 Å². The molecule has 0 unspecified atom stereocenters. The minimum atomic E-state index is -0.904. The van der Waals surface area contributed by atoms with Crippen molar-refractivity contribution < 1.29 is 9.53 Å². The molecule has 0 saturated heterocycles. The fourth-order valence-corrected chi connectivity index (χ4v) is 2.70. The van der Waals surface area contributed by atoms with Gasteiger partial charge in [-0.2, -0.15) is 0 Å². The summed E-state index contributed by atoms with van der Waals surface area (Å²) in [4.78, 5) is 12.0. The maximum Gasteiger partial charge on any atom is 0.263 e. The summed E-state index contributed by atoms with van der Waals surface area (Å²) >= 11 is 12.1. The van der Waals surface area contributed by atoms with Crippen molar-refractivity contribution in [1.82, 2.24) is 5.32 Å². The van der Waals surface area contributed by atoms with Crippen LogP contribution in [-0.4, -0.2) is 22.4 Å². The van der Waals surface area contributed by atoms with Crippen LogP contribution in [0.2, 0.25) is 0 Å². The quantitative estimate of drug-likeness (QED) is 0.800. The molecule has 1 fully saturated rings. The van der Waals surface area contributed by atoms with Crippen LogP contribution in [0.25, 0.3) is 0 Å². The lowest BCUT2D eigenvalue weighted by molar-refractivity contribution is -0.134. The standard InChI is InChI=1S/C16H21Cl2NO2/c1-4-9-19-14(20)15(2,3)21-12-7-5-11(6-8-12)13-10-16(13,17)18/h5-8,13H,4,9-10H2,1-3H3,(H,19,20)/t13-/m0/s1. The number of ether oxygens (including phenoxy) is 1. The summed E-state index contributed by atoms with van der Waals surface area (Å²) in [6, 6.07) is 7.61. The number of rotatable bonds is 6. The first-order chi connectivity index (χ1) is 9.76. The van der Waals surface area contributed by atoms with Crippen LogP contribution in [0.3, 0.4) is 0 Å². The van der Waals surface area contributed by atoms with Gasteiger partial charge in [0, 0.05) is 12.5 Å². The summed E-state index contributed by atoms with van der Waals surface area (Å²) in [5.41, 5.74) is 0.194. The van der Waals surface area contributed by atoms with Crippen molar-refractivity contribution in [2.24, 2.45) is 0 Å². The second-order valence-electron chi connectivity index (χ2n) is 5.96. The normalized spacial score (nSPS) is 20.0. The van der Waals surface area contributed by atoms with Crippen molar-refractivity contribution in [3.05, 3.63) is 29.8 Å². The Kier molecular flexibility index (Phi) is 4.74. The Morgan fingerprint density at radius 3 is 2.43 bits per heavy atom. The molecule has 1 saturated carbocycles. The molecule has 0 aliphatic heterocycles. The average molecular weight is 330 g/mol.